The van der Waals surface area contributed by atoms with Crippen LogP contribution in [0.15, 0.2) is 27.9 Å². The van der Waals surface area contributed by atoms with Crippen LogP contribution in [0, 0.1) is 0 Å². The van der Waals surface area contributed by atoms with E-state index in [0.717, 1.165) is 0 Å². The van der Waals surface area contributed by atoms with Crippen molar-refractivity contribution in [1.82, 2.24) is 14.7 Å². The molecule has 0 fully saturated rings. The lowest BCUT2D eigenvalue weighted by atomic mass is 10.3. The van der Waals surface area contributed by atoms with E-state index in [1.807, 2.05) is 6.92 Å². The van der Waals surface area contributed by atoms with Crippen molar-refractivity contribution in [2.24, 2.45) is 0 Å². The molecule has 3 N–H and O–H groups in total. The Morgan fingerprint density at radius 2 is 1.94 bits per heavy atom. The Bertz CT molecular complexity index is 714. The van der Waals surface area contributed by atoms with Crippen molar-refractivity contribution in [3.05, 3.63) is 28.7 Å². The van der Waals surface area contributed by atoms with Gasteiger partial charge in [0.1, 0.15) is 0 Å². The van der Waals surface area contributed by atoms with Crippen LogP contribution >= 0.6 is 0 Å². The van der Waals surface area contributed by atoms with Crippen LogP contribution in [0.3, 0.4) is 0 Å². The summed E-state index contributed by atoms with van der Waals surface area (Å²) in [7, 11) is -3.54. The minimum absolute atomic E-state index is 0.129. The maximum Gasteiger partial charge on any atom is 0.323 e. The molecule has 0 saturated carbocycles. The molecule has 6 nitrogen and oxygen atoms in total. The molecule has 18 heavy (non-hydrogen) atoms. The molecule has 2 rings (SSSR count). The fraction of sp³-hybridized carbons (Fsp3) is 0.364. The van der Waals surface area contributed by atoms with Crippen LogP contribution in [-0.4, -0.2) is 24.4 Å². The Labute approximate surface area is 104 Å². The molecule has 1 atom stereocenters. The average Bonchev–Trinajstić information content (AvgIpc) is 2.67. The number of nitrogens with one attached hydrogen (secondary N) is 3. The van der Waals surface area contributed by atoms with Gasteiger partial charge in [0.15, 0.2) is 0 Å². The van der Waals surface area contributed by atoms with Gasteiger partial charge in [-0.2, -0.15) is 0 Å². The second kappa shape index (κ2) is 4.58. The number of benzene rings is 1. The molecular formula is C11H15N3O3S. The summed E-state index contributed by atoms with van der Waals surface area (Å²) in [6, 6.07) is 4.35. The molecule has 1 aromatic carbocycles. The molecule has 0 radical (unpaired) electrons. The predicted molar refractivity (Wildman–Crippen MR) is 69.0 cm³/mol. The topological polar surface area (TPSA) is 94.8 Å². The lowest BCUT2D eigenvalue weighted by molar-refractivity contribution is 0.556. The monoisotopic (exact) mass is 269 g/mol. The number of rotatable bonds is 4. The first-order chi connectivity index (χ1) is 8.42. The zero-order valence-electron chi connectivity index (χ0n) is 10.1. The molecule has 0 aliphatic carbocycles. The summed E-state index contributed by atoms with van der Waals surface area (Å²) in [5.41, 5.74) is 0.712. The highest BCUT2D eigenvalue weighted by Gasteiger charge is 2.17. The van der Waals surface area contributed by atoms with Crippen LogP contribution in [0.4, 0.5) is 0 Å². The van der Waals surface area contributed by atoms with Gasteiger partial charge in [-0.15, -0.1) is 0 Å². The Balaban J connectivity index is 2.44. The van der Waals surface area contributed by atoms with E-state index in [2.05, 4.69) is 14.7 Å². The summed E-state index contributed by atoms with van der Waals surface area (Å²) in [6.45, 7) is 3.70. The first kappa shape index (κ1) is 12.8. The summed E-state index contributed by atoms with van der Waals surface area (Å²) in [5, 5.41) is 0. The fourth-order valence-corrected chi connectivity index (χ4v) is 2.95. The Kier molecular flexibility index (Phi) is 3.27. The van der Waals surface area contributed by atoms with Crippen LogP contribution < -0.4 is 10.4 Å². The molecular weight excluding hydrogens is 254 g/mol. The number of fused-ring (bicyclic) bond motifs is 1. The van der Waals surface area contributed by atoms with Crippen molar-refractivity contribution >= 4 is 21.1 Å². The van der Waals surface area contributed by atoms with E-state index in [1.165, 1.54) is 12.1 Å². The first-order valence-electron chi connectivity index (χ1n) is 5.67. The molecule has 0 unspecified atom stereocenters. The molecule has 1 heterocycles. The normalized spacial score (nSPS) is 13.9. The number of hydrogen-bond donors (Lipinski definition) is 3. The van der Waals surface area contributed by atoms with Gasteiger partial charge in [-0.3, -0.25) is 0 Å². The minimum atomic E-state index is -3.54. The number of sulfonamides is 1. The van der Waals surface area contributed by atoms with Crippen molar-refractivity contribution in [3.8, 4) is 0 Å². The molecule has 98 valence electrons. The van der Waals surface area contributed by atoms with Crippen molar-refractivity contribution < 1.29 is 8.42 Å². The predicted octanol–water partition coefficient (Wildman–Crippen LogP) is 0.933. The second-order valence-corrected chi connectivity index (χ2v) is 5.93. The quantitative estimate of drug-likeness (QED) is 0.770. The Hall–Kier alpha value is -1.60. The van der Waals surface area contributed by atoms with Gasteiger partial charge in [-0.05, 0) is 31.5 Å². The number of hydrogen-bond acceptors (Lipinski definition) is 3. The zero-order chi connectivity index (χ0) is 13.3. The van der Waals surface area contributed by atoms with Gasteiger partial charge in [-0.1, -0.05) is 6.92 Å². The molecule has 2 aromatic rings. The number of aromatic amines is 2. The molecule has 1 aromatic heterocycles. The van der Waals surface area contributed by atoms with E-state index < -0.39 is 10.0 Å². The zero-order valence-corrected chi connectivity index (χ0v) is 11.0. The van der Waals surface area contributed by atoms with Gasteiger partial charge in [0.2, 0.25) is 10.0 Å². The second-order valence-electron chi connectivity index (χ2n) is 4.22. The van der Waals surface area contributed by atoms with E-state index in [-0.39, 0.29) is 16.6 Å². The third kappa shape index (κ3) is 2.46. The molecule has 0 bridgehead atoms. The van der Waals surface area contributed by atoms with E-state index in [1.54, 1.807) is 13.0 Å². The van der Waals surface area contributed by atoms with Gasteiger partial charge in [0.05, 0.1) is 15.9 Å². The smallest absolute Gasteiger partial charge is 0.306 e. The van der Waals surface area contributed by atoms with Crippen molar-refractivity contribution in [1.29, 1.82) is 0 Å². The fourth-order valence-electron chi connectivity index (χ4n) is 1.60. The first-order valence-corrected chi connectivity index (χ1v) is 7.15. The third-order valence-electron chi connectivity index (χ3n) is 2.77. The highest BCUT2D eigenvalue weighted by molar-refractivity contribution is 7.89. The van der Waals surface area contributed by atoms with Crippen LogP contribution in [0.5, 0.6) is 0 Å². The van der Waals surface area contributed by atoms with Gasteiger partial charge in [0, 0.05) is 6.04 Å². The summed E-state index contributed by atoms with van der Waals surface area (Å²) < 4.78 is 26.6. The summed E-state index contributed by atoms with van der Waals surface area (Å²) in [4.78, 5) is 16.3. The van der Waals surface area contributed by atoms with Crippen LogP contribution in [0.1, 0.15) is 20.3 Å². The lowest BCUT2D eigenvalue weighted by Crippen LogP contribution is -2.31. The van der Waals surface area contributed by atoms with Gasteiger partial charge in [0.25, 0.3) is 0 Å². The van der Waals surface area contributed by atoms with E-state index in [0.29, 0.717) is 17.5 Å². The Morgan fingerprint density at radius 1 is 1.28 bits per heavy atom. The Morgan fingerprint density at radius 3 is 2.61 bits per heavy atom. The van der Waals surface area contributed by atoms with Crippen LogP contribution in [0.25, 0.3) is 11.0 Å². The van der Waals surface area contributed by atoms with Crippen molar-refractivity contribution in [2.75, 3.05) is 0 Å². The molecule has 0 spiro atoms. The highest BCUT2D eigenvalue weighted by atomic mass is 32.2. The molecule has 0 aliphatic heterocycles. The lowest BCUT2D eigenvalue weighted by Gasteiger charge is -2.11. The van der Waals surface area contributed by atoms with Gasteiger partial charge < -0.3 is 9.97 Å². The van der Waals surface area contributed by atoms with E-state index in [4.69, 9.17) is 0 Å². The standard InChI is InChI=1S/C11H15N3O3S/c1-3-7(2)14-18(16,17)8-4-5-9-10(6-8)13-11(15)12-9/h4-7,14H,3H2,1-2H3,(H2,12,13,15)/t7-/m0/s1. The van der Waals surface area contributed by atoms with Crippen molar-refractivity contribution in [2.45, 2.75) is 31.2 Å². The van der Waals surface area contributed by atoms with E-state index in [9.17, 15) is 13.2 Å². The maximum atomic E-state index is 12.0. The van der Waals surface area contributed by atoms with Crippen LogP contribution in [-0.2, 0) is 10.0 Å². The third-order valence-corrected chi connectivity index (χ3v) is 4.35. The summed E-state index contributed by atoms with van der Waals surface area (Å²) in [5.74, 6) is 0. The van der Waals surface area contributed by atoms with Gasteiger partial charge >= 0.3 is 5.69 Å². The number of imidazole rings is 1. The molecule has 0 amide bonds. The summed E-state index contributed by atoms with van der Waals surface area (Å²) in [6.07, 6.45) is 0.711. The average molecular weight is 269 g/mol. The van der Waals surface area contributed by atoms with Crippen molar-refractivity contribution in [3.63, 3.8) is 0 Å². The highest BCUT2D eigenvalue weighted by Crippen LogP contribution is 2.15. The molecule has 0 saturated heterocycles. The largest absolute Gasteiger partial charge is 0.323 e. The SMILES string of the molecule is CC[C@H](C)NS(=O)(=O)c1ccc2[nH]c(=O)[nH]c2c1. The van der Waals surface area contributed by atoms with Crippen LogP contribution in [0.2, 0.25) is 0 Å². The molecule has 0 aliphatic rings. The maximum absolute atomic E-state index is 12.0. The summed E-state index contributed by atoms with van der Waals surface area (Å²) >= 11 is 0. The van der Waals surface area contributed by atoms with Gasteiger partial charge in [-0.25, -0.2) is 17.9 Å². The number of aromatic nitrogens is 2. The van der Waals surface area contributed by atoms with E-state index >= 15 is 0 Å². The molecule has 7 heteroatoms. The minimum Gasteiger partial charge on any atom is -0.306 e. The number of H-pyrrole nitrogens is 2.